The lowest BCUT2D eigenvalue weighted by Gasteiger charge is -2.31. The number of aromatic nitrogens is 1. The molecule has 0 spiro atoms. The van der Waals surface area contributed by atoms with Crippen molar-refractivity contribution < 1.29 is 0 Å². The molecule has 1 fully saturated rings. The number of piperidine rings is 1. The quantitative estimate of drug-likeness (QED) is 0.907. The van der Waals surface area contributed by atoms with Gasteiger partial charge in [0.05, 0.1) is 11.2 Å². The van der Waals surface area contributed by atoms with Gasteiger partial charge >= 0.3 is 0 Å². The van der Waals surface area contributed by atoms with Crippen molar-refractivity contribution in [3.63, 3.8) is 0 Å². The molecule has 1 aliphatic rings. The molecular formula is C14H15ClN2S. The van der Waals surface area contributed by atoms with Crippen LogP contribution in [0.25, 0.3) is 0 Å². The molecule has 1 saturated heterocycles. The molecule has 2 aromatic rings. The van der Waals surface area contributed by atoms with Crippen LogP contribution in [-0.4, -0.2) is 18.1 Å². The average molecular weight is 279 g/mol. The van der Waals surface area contributed by atoms with E-state index in [1.807, 2.05) is 0 Å². The zero-order valence-corrected chi connectivity index (χ0v) is 11.5. The summed E-state index contributed by atoms with van der Waals surface area (Å²) in [6, 6.07) is 10.7. The standard InChI is InChI=1S/C14H15ClN2S/c15-13-9-17-14(18-13)11-6-7-16-8-12(11)10-4-2-1-3-5-10/h1-5,9,11-12,16H,6-8H2. The molecule has 1 aliphatic heterocycles. The normalized spacial score (nSPS) is 24.1. The fourth-order valence-corrected chi connectivity index (χ4v) is 3.77. The van der Waals surface area contributed by atoms with Crippen LogP contribution >= 0.6 is 22.9 Å². The third kappa shape index (κ3) is 2.44. The van der Waals surface area contributed by atoms with Gasteiger partial charge in [-0.05, 0) is 18.5 Å². The SMILES string of the molecule is Clc1cnc(C2CCNCC2c2ccccc2)s1. The lowest BCUT2D eigenvalue weighted by Crippen LogP contribution is -2.33. The van der Waals surface area contributed by atoms with Crippen molar-refractivity contribution in [1.29, 1.82) is 0 Å². The highest BCUT2D eigenvalue weighted by atomic mass is 35.5. The van der Waals surface area contributed by atoms with E-state index in [2.05, 4.69) is 40.6 Å². The summed E-state index contributed by atoms with van der Waals surface area (Å²) < 4.78 is 0.787. The second-order valence-corrected chi connectivity index (χ2v) is 6.31. The fourth-order valence-electron chi connectivity index (χ4n) is 2.64. The number of hydrogen-bond donors (Lipinski definition) is 1. The molecule has 2 heterocycles. The Labute approximate surface area is 116 Å². The zero-order chi connectivity index (χ0) is 12.4. The maximum atomic E-state index is 6.01. The van der Waals surface area contributed by atoms with E-state index >= 15 is 0 Å². The van der Waals surface area contributed by atoms with Gasteiger partial charge in [-0.25, -0.2) is 4.98 Å². The number of thiazole rings is 1. The average Bonchev–Trinajstić information content (AvgIpc) is 2.86. The van der Waals surface area contributed by atoms with E-state index in [0.717, 1.165) is 23.8 Å². The third-order valence-electron chi connectivity index (χ3n) is 3.52. The van der Waals surface area contributed by atoms with E-state index < -0.39 is 0 Å². The summed E-state index contributed by atoms with van der Waals surface area (Å²) in [5, 5.41) is 4.66. The molecule has 2 nitrogen and oxygen atoms in total. The van der Waals surface area contributed by atoms with Crippen molar-refractivity contribution in [2.45, 2.75) is 18.3 Å². The van der Waals surface area contributed by atoms with Gasteiger partial charge in [-0.3, -0.25) is 0 Å². The van der Waals surface area contributed by atoms with Crippen molar-refractivity contribution >= 4 is 22.9 Å². The van der Waals surface area contributed by atoms with Gasteiger partial charge in [-0.1, -0.05) is 41.9 Å². The van der Waals surface area contributed by atoms with Gasteiger partial charge in [0.15, 0.2) is 0 Å². The predicted molar refractivity (Wildman–Crippen MR) is 76.5 cm³/mol. The van der Waals surface area contributed by atoms with Gasteiger partial charge in [-0.2, -0.15) is 0 Å². The van der Waals surface area contributed by atoms with Crippen LogP contribution in [0.15, 0.2) is 36.5 Å². The number of hydrogen-bond acceptors (Lipinski definition) is 3. The Balaban J connectivity index is 1.91. The van der Waals surface area contributed by atoms with Crippen LogP contribution < -0.4 is 5.32 Å². The first-order chi connectivity index (χ1) is 8.84. The topological polar surface area (TPSA) is 24.9 Å². The Hall–Kier alpha value is -0.900. The summed E-state index contributed by atoms with van der Waals surface area (Å²) in [4.78, 5) is 4.47. The molecule has 1 N–H and O–H groups in total. The van der Waals surface area contributed by atoms with Gasteiger partial charge in [-0.15, -0.1) is 11.3 Å². The smallest absolute Gasteiger partial charge is 0.113 e. The molecule has 0 radical (unpaired) electrons. The maximum Gasteiger partial charge on any atom is 0.113 e. The van der Waals surface area contributed by atoms with Crippen LogP contribution in [0.5, 0.6) is 0 Å². The van der Waals surface area contributed by atoms with Crippen molar-refractivity contribution in [3.8, 4) is 0 Å². The number of rotatable bonds is 2. The van der Waals surface area contributed by atoms with Crippen LogP contribution in [0.2, 0.25) is 4.34 Å². The summed E-state index contributed by atoms with van der Waals surface area (Å²) in [5.74, 6) is 0.994. The number of halogens is 1. The molecule has 0 amide bonds. The lowest BCUT2D eigenvalue weighted by atomic mass is 9.82. The second-order valence-electron chi connectivity index (χ2n) is 4.62. The first-order valence-corrected chi connectivity index (χ1v) is 7.41. The van der Waals surface area contributed by atoms with Gasteiger partial charge < -0.3 is 5.32 Å². The Morgan fingerprint density at radius 2 is 2.06 bits per heavy atom. The van der Waals surface area contributed by atoms with Crippen molar-refractivity contribution in [1.82, 2.24) is 10.3 Å². The van der Waals surface area contributed by atoms with Crippen LogP contribution in [0, 0.1) is 0 Å². The summed E-state index contributed by atoms with van der Waals surface area (Å²) in [6.45, 7) is 2.08. The summed E-state index contributed by atoms with van der Waals surface area (Å²) >= 11 is 7.63. The van der Waals surface area contributed by atoms with Gasteiger partial charge in [0, 0.05) is 18.4 Å². The molecule has 1 aromatic heterocycles. The van der Waals surface area contributed by atoms with Gasteiger partial charge in [0.25, 0.3) is 0 Å². The summed E-state index contributed by atoms with van der Waals surface area (Å²) in [7, 11) is 0. The van der Waals surface area contributed by atoms with Crippen molar-refractivity contribution in [3.05, 3.63) is 51.4 Å². The van der Waals surface area contributed by atoms with Crippen LogP contribution in [-0.2, 0) is 0 Å². The first kappa shape index (κ1) is 12.2. The lowest BCUT2D eigenvalue weighted by molar-refractivity contribution is 0.403. The molecule has 2 atom stereocenters. The van der Waals surface area contributed by atoms with E-state index in [0.29, 0.717) is 11.8 Å². The molecule has 94 valence electrons. The second kappa shape index (κ2) is 5.39. The zero-order valence-electron chi connectivity index (χ0n) is 9.97. The van der Waals surface area contributed by atoms with Gasteiger partial charge in [0.1, 0.15) is 4.34 Å². The summed E-state index contributed by atoms with van der Waals surface area (Å²) in [5.41, 5.74) is 1.39. The molecule has 4 heteroatoms. The maximum absolute atomic E-state index is 6.01. The molecule has 3 rings (SSSR count). The Morgan fingerprint density at radius 3 is 2.78 bits per heavy atom. The van der Waals surface area contributed by atoms with E-state index in [1.165, 1.54) is 10.6 Å². The number of nitrogens with zero attached hydrogens (tertiary/aromatic N) is 1. The van der Waals surface area contributed by atoms with Crippen molar-refractivity contribution in [2.24, 2.45) is 0 Å². The van der Waals surface area contributed by atoms with E-state index in [9.17, 15) is 0 Å². The van der Waals surface area contributed by atoms with Crippen LogP contribution in [0.4, 0.5) is 0 Å². The van der Waals surface area contributed by atoms with Gasteiger partial charge in [0.2, 0.25) is 0 Å². The molecule has 2 unspecified atom stereocenters. The minimum Gasteiger partial charge on any atom is -0.316 e. The molecular weight excluding hydrogens is 264 g/mol. The first-order valence-electron chi connectivity index (χ1n) is 6.21. The molecule has 0 bridgehead atoms. The monoisotopic (exact) mass is 278 g/mol. The largest absolute Gasteiger partial charge is 0.316 e. The molecule has 18 heavy (non-hydrogen) atoms. The van der Waals surface area contributed by atoms with Crippen LogP contribution in [0.1, 0.15) is 28.8 Å². The van der Waals surface area contributed by atoms with E-state index in [4.69, 9.17) is 11.6 Å². The molecule has 1 aromatic carbocycles. The number of benzene rings is 1. The summed E-state index contributed by atoms with van der Waals surface area (Å²) in [6.07, 6.45) is 2.90. The highest BCUT2D eigenvalue weighted by Crippen LogP contribution is 2.39. The van der Waals surface area contributed by atoms with E-state index in [1.54, 1.807) is 17.5 Å². The van der Waals surface area contributed by atoms with E-state index in [-0.39, 0.29) is 0 Å². The molecule has 0 saturated carbocycles. The minimum atomic E-state index is 0.492. The Bertz CT molecular complexity index is 512. The molecule has 0 aliphatic carbocycles. The Kier molecular flexibility index (Phi) is 3.64. The predicted octanol–water partition coefficient (Wildman–Crippen LogP) is 3.66. The van der Waals surface area contributed by atoms with Crippen molar-refractivity contribution in [2.75, 3.05) is 13.1 Å². The highest BCUT2D eigenvalue weighted by Gasteiger charge is 2.29. The Morgan fingerprint density at radius 1 is 1.22 bits per heavy atom. The van der Waals surface area contributed by atoms with Crippen LogP contribution in [0.3, 0.4) is 0 Å². The highest BCUT2D eigenvalue weighted by molar-refractivity contribution is 7.15. The third-order valence-corrected chi connectivity index (χ3v) is 4.77. The minimum absolute atomic E-state index is 0.492. The fraction of sp³-hybridized carbons (Fsp3) is 0.357. The number of nitrogens with one attached hydrogen (secondary N) is 1.